The van der Waals surface area contributed by atoms with Crippen LogP contribution in [0.5, 0.6) is 5.75 Å². The second-order valence-corrected chi connectivity index (χ2v) is 7.44. The number of ether oxygens (including phenoxy) is 1. The van der Waals surface area contributed by atoms with Gasteiger partial charge < -0.3 is 13.7 Å². The first-order valence-corrected chi connectivity index (χ1v) is 9.63. The Morgan fingerprint density at radius 3 is 2.75 bits per heavy atom. The highest BCUT2D eigenvalue weighted by Gasteiger charge is 2.19. The molecule has 28 heavy (non-hydrogen) atoms. The van der Waals surface area contributed by atoms with Gasteiger partial charge in [-0.3, -0.25) is 0 Å². The number of nitrogens with zero attached hydrogens (tertiary/aromatic N) is 4. The summed E-state index contributed by atoms with van der Waals surface area (Å²) in [6.45, 7) is 4.17. The summed E-state index contributed by atoms with van der Waals surface area (Å²) >= 11 is 1.36. The minimum Gasteiger partial charge on any atom is -0.484 e. The van der Waals surface area contributed by atoms with Crippen molar-refractivity contribution in [3.63, 3.8) is 0 Å². The molecule has 0 aliphatic rings. The largest absolute Gasteiger partial charge is 0.484 e. The Hall–Kier alpha value is -3.13. The van der Waals surface area contributed by atoms with Gasteiger partial charge in [0.05, 0.1) is 5.25 Å². The quantitative estimate of drug-likeness (QED) is 0.411. The summed E-state index contributed by atoms with van der Waals surface area (Å²) in [6, 6.07) is 17.5. The zero-order valence-electron chi connectivity index (χ0n) is 15.4. The monoisotopic (exact) mass is 394 g/mol. The summed E-state index contributed by atoms with van der Waals surface area (Å²) in [5.74, 6) is 2.23. The van der Waals surface area contributed by atoms with E-state index in [1.807, 2.05) is 68.4 Å². The second-order valence-electron chi connectivity index (χ2n) is 6.15. The highest BCUT2D eigenvalue weighted by Crippen LogP contribution is 2.34. The molecule has 142 valence electrons. The van der Waals surface area contributed by atoms with Gasteiger partial charge in [-0.15, -0.1) is 10.2 Å². The molecule has 1 unspecified atom stereocenters. The van der Waals surface area contributed by atoms with Crippen LogP contribution in [0.25, 0.3) is 11.4 Å². The van der Waals surface area contributed by atoms with E-state index >= 15 is 0 Å². The number of rotatable bonds is 7. The van der Waals surface area contributed by atoms with Gasteiger partial charge in [0, 0.05) is 5.56 Å². The van der Waals surface area contributed by atoms with E-state index < -0.39 is 0 Å². The Morgan fingerprint density at radius 1 is 1.07 bits per heavy atom. The minimum absolute atomic E-state index is 0.129. The van der Waals surface area contributed by atoms with E-state index in [1.165, 1.54) is 11.8 Å². The Labute approximate surface area is 166 Å². The first-order chi connectivity index (χ1) is 13.7. The third-order valence-electron chi connectivity index (χ3n) is 3.90. The lowest BCUT2D eigenvalue weighted by molar-refractivity contribution is 0.252. The molecule has 2 aromatic carbocycles. The molecule has 4 aromatic rings. The van der Waals surface area contributed by atoms with Gasteiger partial charge in [-0.25, -0.2) is 0 Å². The first kappa shape index (κ1) is 18.2. The predicted molar refractivity (Wildman–Crippen MR) is 104 cm³/mol. The summed E-state index contributed by atoms with van der Waals surface area (Å²) in [6.07, 6.45) is 0. The standard InChI is InChI=1S/C20H18N4O3S/c1-13-7-6-10-16(11-13)25-12-17-22-23-20(26-17)28-14(2)19-21-18(24-27-19)15-8-4-3-5-9-15/h3-11,14H,12H2,1-2H3. The lowest BCUT2D eigenvalue weighted by atomic mass is 10.2. The van der Waals surface area contributed by atoms with Crippen LogP contribution in [-0.2, 0) is 6.61 Å². The maximum absolute atomic E-state index is 5.68. The fourth-order valence-corrected chi connectivity index (χ4v) is 3.23. The van der Waals surface area contributed by atoms with Gasteiger partial charge in [0.1, 0.15) is 5.75 Å². The van der Waals surface area contributed by atoms with Gasteiger partial charge in [0.25, 0.3) is 11.1 Å². The number of hydrogen-bond donors (Lipinski definition) is 0. The van der Waals surface area contributed by atoms with E-state index in [4.69, 9.17) is 13.7 Å². The summed E-state index contributed by atoms with van der Waals surface area (Å²) < 4.78 is 16.7. The van der Waals surface area contributed by atoms with Gasteiger partial charge in [-0.05, 0) is 31.5 Å². The van der Waals surface area contributed by atoms with Gasteiger partial charge in [-0.1, -0.05) is 59.4 Å². The summed E-state index contributed by atoms with van der Waals surface area (Å²) in [7, 11) is 0. The SMILES string of the molecule is Cc1cccc(OCc2nnc(SC(C)c3nc(-c4ccccc4)no3)o2)c1. The highest BCUT2D eigenvalue weighted by atomic mass is 32.2. The molecule has 0 saturated heterocycles. The van der Waals surface area contributed by atoms with Crippen LogP contribution in [0.15, 0.2) is 68.8 Å². The molecule has 0 N–H and O–H groups in total. The fraction of sp³-hybridized carbons (Fsp3) is 0.200. The van der Waals surface area contributed by atoms with E-state index in [0.717, 1.165) is 16.9 Å². The molecule has 1 atom stereocenters. The van der Waals surface area contributed by atoms with Gasteiger partial charge in [-0.2, -0.15) is 4.98 Å². The summed E-state index contributed by atoms with van der Waals surface area (Å²) in [5, 5.41) is 12.4. The predicted octanol–water partition coefficient (Wildman–Crippen LogP) is 4.86. The lowest BCUT2D eigenvalue weighted by Gasteiger charge is -2.03. The van der Waals surface area contributed by atoms with Crippen molar-refractivity contribution in [2.45, 2.75) is 30.9 Å². The van der Waals surface area contributed by atoms with Crippen LogP contribution in [0, 0.1) is 6.92 Å². The lowest BCUT2D eigenvalue weighted by Crippen LogP contribution is -1.95. The Morgan fingerprint density at radius 2 is 1.93 bits per heavy atom. The van der Waals surface area contributed by atoms with Crippen molar-refractivity contribution >= 4 is 11.8 Å². The molecule has 0 aliphatic carbocycles. The summed E-state index contributed by atoms with van der Waals surface area (Å²) in [5.41, 5.74) is 2.03. The van der Waals surface area contributed by atoms with Crippen molar-refractivity contribution in [3.05, 3.63) is 71.9 Å². The molecule has 4 rings (SSSR count). The number of benzene rings is 2. The van der Waals surface area contributed by atoms with Crippen LogP contribution in [0.2, 0.25) is 0 Å². The molecule has 0 spiro atoms. The molecule has 8 heteroatoms. The van der Waals surface area contributed by atoms with E-state index in [9.17, 15) is 0 Å². The normalized spacial score (nSPS) is 12.1. The second kappa shape index (κ2) is 8.26. The van der Waals surface area contributed by atoms with Crippen molar-refractivity contribution in [1.29, 1.82) is 0 Å². The molecule has 2 heterocycles. The average molecular weight is 394 g/mol. The molecule has 0 amide bonds. The van der Waals surface area contributed by atoms with Crippen molar-refractivity contribution in [3.8, 4) is 17.1 Å². The Balaban J connectivity index is 1.36. The van der Waals surface area contributed by atoms with Crippen LogP contribution in [-0.4, -0.2) is 20.3 Å². The van der Waals surface area contributed by atoms with E-state index in [1.54, 1.807) is 0 Å². The third kappa shape index (κ3) is 4.40. The number of aromatic nitrogens is 4. The molecular weight excluding hydrogens is 376 g/mol. The Kier molecular flexibility index (Phi) is 5.38. The number of thioether (sulfide) groups is 1. The van der Waals surface area contributed by atoms with Crippen molar-refractivity contribution < 1.29 is 13.7 Å². The van der Waals surface area contributed by atoms with Gasteiger partial charge in [0.15, 0.2) is 6.61 Å². The zero-order chi connectivity index (χ0) is 19.3. The minimum atomic E-state index is -0.129. The highest BCUT2D eigenvalue weighted by molar-refractivity contribution is 7.99. The fourth-order valence-electron chi connectivity index (χ4n) is 2.50. The van der Waals surface area contributed by atoms with Gasteiger partial charge >= 0.3 is 0 Å². The molecule has 0 bridgehead atoms. The average Bonchev–Trinajstić information content (AvgIpc) is 3.37. The van der Waals surface area contributed by atoms with Crippen molar-refractivity contribution in [1.82, 2.24) is 20.3 Å². The number of aryl methyl sites for hydroxylation is 1. The third-order valence-corrected chi connectivity index (χ3v) is 4.82. The van der Waals surface area contributed by atoms with Crippen LogP contribution in [0.1, 0.15) is 29.5 Å². The topological polar surface area (TPSA) is 87.1 Å². The van der Waals surface area contributed by atoms with Crippen LogP contribution in [0.3, 0.4) is 0 Å². The zero-order valence-corrected chi connectivity index (χ0v) is 16.2. The van der Waals surface area contributed by atoms with E-state index in [2.05, 4.69) is 20.3 Å². The maximum atomic E-state index is 5.68. The molecule has 2 aromatic heterocycles. The molecule has 0 aliphatic heterocycles. The van der Waals surface area contributed by atoms with Crippen LogP contribution >= 0.6 is 11.8 Å². The first-order valence-electron chi connectivity index (χ1n) is 8.75. The van der Waals surface area contributed by atoms with Crippen LogP contribution in [0.4, 0.5) is 0 Å². The van der Waals surface area contributed by atoms with Crippen molar-refractivity contribution in [2.24, 2.45) is 0 Å². The van der Waals surface area contributed by atoms with Gasteiger partial charge in [0.2, 0.25) is 11.7 Å². The molecule has 7 nitrogen and oxygen atoms in total. The molecular formula is C20H18N4O3S. The van der Waals surface area contributed by atoms with E-state index in [-0.39, 0.29) is 11.9 Å². The molecule has 0 radical (unpaired) electrons. The maximum Gasteiger partial charge on any atom is 0.277 e. The summed E-state index contributed by atoms with van der Waals surface area (Å²) in [4.78, 5) is 4.45. The Bertz CT molecular complexity index is 1050. The van der Waals surface area contributed by atoms with E-state index in [0.29, 0.717) is 22.8 Å². The molecule has 0 saturated carbocycles. The molecule has 0 fully saturated rings. The number of hydrogen-bond acceptors (Lipinski definition) is 8. The van der Waals surface area contributed by atoms with Crippen molar-refractivity contribution in [2.75, 3.05) is 0 Å². The van der Waals surface area contributed by atoms with Crippen LogP contribution < -0.4 is 4.74 Å². The smallest absolute Gasteiger partial charge is 0.277 e.